The van der Waals surface area contributed by atoms with Crippen LogP contribution in [0.1, 0.15) is 32.7 Å². The molecular formula is C23H20FN3O4S. The van der Waals surface area contributed by atoms with E-state index in [2.05, 4.69) is 5.32 Å². The van der Waals surface area contributed by atoms with Crippen molar-refractivity contribution in [2.45, 2.75) is 17.7 Å². The summed E-state index contributed by atoms with van der Waals surface area (Å²) < 4.78 is 41.7. The van der Waals surface area contributed by atoms with Gasteiger partial charge in [-0.15, -0.1) is 0 Å². The summed E-state index contributed by atoms with van der Waals surface area (Å²) in [7, 11) is -3.89. The largest absolute Gasteiger partial charge is 0.366 e. The van der Waals surface area contributed by atoms with Gasteiger partial charge in [-0.05, 0) is 60.9 Å². The van der Waals surface area contributed by atoms with E-state index in [1.165, 1.54) is 34.6 Å². The number of nitrogens with one attached hydrogen (secondary N) is 1. The molecule has 2 amide bonds. The maximum atomic E-state index is 13.7. The molecule has 3 aromatic rings. The topological polar surface area (TPSA) is 110 Å². The third-order valence-corrected chi connectivity index (χ3v) is 7.05. The number of aryl methyl sites for hydroxylation is 1. The molecular weight excluding hydrogens is 433 g/mol. The Morgan fingerprint density at radius 2 is 1.78 bits per heavy atom. The SMILES string of the molecule is NC(=O)c1cc(NC(=O)c2cccc(S(=O)(=O)N3CCCc4ccccc43)c2)ccc1F. The average Bonchev–Trinajstić information content (AvgIpc) is 2.79. The van der Waals surface area contributed by atoms with Gasteiger partial charge in [0.25, 0.3) is 21.8 Å². The molecule has 1 aliphatic heterocycles. The van der Waals surface area contributed by atoms with Crippen molar-refractivity contribution >= 4 is 33.2 Å². The normalized spacial score (nSPS) is 13.3. The van der Waals surface area contributed by atoms with Crippen LogP contribution in [0.4, 0.5) is 15.8 Å². The highest BCUT2D eigenvalue weighted by Crippen LogP contribution is 2.32. The fourth-order valence-corrected chi connectivity index (χ4v) is 5.26. The van der Waals surface area contributed by atoms with E-state index < -0.39 is 27.7 Å². The molecule has 0 aliphatic carbocycles. The molecule has 0 saturated carbocycles. The number of hydrogen-bond acceptors (Lipinski definition) is 4. The summed E-state index contributed by atoms with van der Waals surface area (Å²) in [4.78, 5) is 24.0. The van der Waals surface area contributed by atoms with E-state index in [1.807, 2.05) is 12.1 Å². The number of nitrogens with two attached hydrogens (primary N) is 1. The molecule has 0 fully saturated rings. The standard InChI is InChI=1S/C23H20FN3O4S/c24-20-11-10-17(14-19(20)22(25)28)26-23(29)16-6-3-8-18(13-16)32(30,31)27-12-4-7-15-5-1-2-9-21(15)27/h1-3,5-6,8-11,13-14H,4,7,12H2,(H2,25,28)(H,26,29). The quantitative estimate of drug-likeness (QED) is 0.618. The first-order chi connectivity index (χ1) is 15.3. The van der Waals surface area contributed by atoms with Crippen molar-refractivity contribution in [2.75, 3.05) is 16.2 Å². The molecule has 0 bridgehead atoms. The molecule has 0 aromatic heterocycles. The minimum atomic E-state index is -3.89. The van der Waals surface area contributed by atoms with Crippen molar-refractivity contribution in [2.24, 2.45) is 5.73 Å². The second-order valence-corrected chi connectivity index (χ2v) is 9.21. The minimum absolute atomic E-state index is 0.0150. The number of primary amides is 1. The van der Waals surface area contributed by atoms with Crippen molar-refractivity contribution in [1.82, 2.24) is 0 Å². The van der Waals surface area contributed by atoms with Gasteiger partial charge in [-0.1, -0.05) is 24.3 Å². The number of halogens is 1. The van der Waals surface area contributed by atoms with Crippen LogP contribution in [0.5, 0.6) is 0 Å². The van der Waals surface area contributed by atoms with Crippen LogP contribution >= 0.6 is 0 Å². The number of para-hydroxylation sites is 1. The number of nitrogens with zero attached hydrogens (tertiary/aromatic N) is 1. The van der Waals surface area contributed by atoms with E-state index in [0.717, 1.165) is 24.1 Å². The summed E-state index contributed by atoms with van der Waals surface area (Å²) in [5.74, 6) is -2.37. The molecule has 0 radical (unpaired) electrons. The van der Waals surface area contributed by atoms with E-state index in [-0.39, 0.29) is 21.7 Å². The number of hydrogen-bond donors (Lipinski definition) is 2. The molecule has 32 heavy (non-hydrogen) atoms. The number of carbonyl (C=O) groups excluding carboxylic acids is 2. The van der Waals surface area contributed by atoms with Gasteiger partial charge in [0.05, 0.1) is 16.1 Å². The third-order valence-electron chi connectivity index (χ3n) is 5.24. The fourth-order valence-electron chi connectivity index (χ4n) is 3.67. The number of sulfonamides is 1. The lowest BCUT2D eigenvalue weighted by atomic mass is 10.0. The lowest BCUT2D eigenvalue weighted by molar-refractivity contribution is 0.0992. The first-order valence-electron chi connectivity index (χ1n) is 9.89. The van der Waals surface area contributed by atoms with Gasteiger partial charge in [0, 0.05) is 17.8 Å². The van der Waals surface area contributed by atoms with Gasteiger partial charge < -0.3 is 11.1 Å². The monoisotopic (exact) mass is 453 g/mol. The summed E-state index contributed by atoms with van der Waals surface area (Å²) in [6, 6.07) is 16.5. The molecule has 3 N–H and O–H groups in total. The highest BCUT2D eigenvalue weighted by atomic mass is 32.2. The molecule has 3 aromatic carbocycles. The van der Waals surface area contributed by atoms with Crippen molar-refractivity contribution in [3.63, 3.8) is 0 Å². The molecule has 1 heterocycles. The van der Waals surface area contributed by atoms with Crippen LogP contribution in [0.15, 0.2) is 71.6 Å². The number of anilines is 2. The van der Waals surface area contributed by atoms with Crippen molar-refractivity contribution in [1.29, 1.82) is 0 Å². The second-order valence-electron chi connectivity index (χ2n) is 7.35. The molecule has 7 nitrogen and oxygen atoms in total. The Bertz CT molecular complexity index is 1320. The highest BCUT2D eigenvalue weighted by Gasteiger charge is 2.29. The Kier molecular flexibility index (Phi) is 5.67. The van der Waals surface area contributed by atoms with Gasteiger partial charge >= 0.3 is 0 Å². The van der Waals surface area contributed by atoms with E-state index in [0.29, 0.717) is 18.7 Å². The van der Waals surface area contributed by atoms with Crippen LogP contribution in [-0.2, 0) is 16.4 Å². The predicted molar refractivity (Wildman–Crippen MR) is 119 cm³/mol. The van der Waals surface area contributed by atoms with Gasteiger partial charge in [-0.3, -0.25) is 13.9 Å². The zero-order valence-electron chi connectivity index (χ0n) is 16.9. The van der Waals surface area contributed by atoms with Gasteiger partial charge in [0.1, 0.15) is 5.82 Å². The first kappa shape index (κ1) is 21.5. The van der Waals surface area contributed by atoms with Crippen LogP contribution in [0, 0.1) is 5.82 Å². The molecule has 1 aliphatic rings. The summed E-state index contributed by atoms with van der Waals surface area (Å²) in [5.41, 5.74) is 6.63. The zero-order valence-corrected chi connectivity index (χ0v) is 17.7. The lowest BCUT2D eigenvalue weighted by Gasteiger charge is -2.30. The Hall–Kier alpha value is -3.72. The van der Waals surface area contributed by atoms with Crippen molar-refractivity contribution in [3.05, 3.63) is 89.2 Å². The predicted octanol–water partition coefficient (Wildman–Crippen LogP) is 3.32. The van der Waals surface area contributed by atoms with Crippen LogP contribution in [-0.4, -0.2) is 26.8 Å². The van der Waals surface area contributed by atoms with E-state index in [4.69, 9.17) is 5.73 Å². The number of rotatable bonds is 5. The van der Waals surface area contributed by atoms with Crippen molar-refractivity contribution < 1.29 is 22.4 Å². The Morgan fingerprint density at radius 3 is 2.56 bits per heavy atom. The number of carbonyl (C=O) groups is 2. The third kappa shape index (κ3) is 4.06. The minimum Gasteiger partial charge on any atom is -0.366 e. The smallest absolute Gasteiger partial charge is 0.264 e. The Labute approximate surface area is 184 Å². The van der Waals surface area contributed by atoms with E-state index >= 15 is 0 Å². The first-order valence-corrected chi connectivity index (χ1v) is 11.3. The number of fused-ring (bicyclic) bond motifs is 1. The van der Waals surface area contributed by atoms with Crippen LogP contribution in [0.25, 0.3) is 0 Å². The van der Waals surface area contributed by atoms with Crippen LogP contribution in [0.3, 0.4) is 0 Å². The lowest BCUT2D eigenvalue weighted by Crippen LogP contribution is -2.35. The molecule has 9 heteroatoms. The van der Waals surface area contributed by atoms with E-state index in [9.17, 15) is 22.4 Å². The molecule has 0 atom stereocenters. The fraction of sp³-hybridized carbons (Fsp3) is 0.130. The molecule has 0 saturated heterocycles. The summed E-state index contributed by atoms with van der Waals surface area (Å²) in [5, 5.41) is 2.53. The van der Waals surface area contributed by atoms with Crippen LogP contribution in [0.2, 0.25) is 0 Å². The summed E-state index contributed by atoms with van der Waals surface area (Å²) in [6.45, 7) is 0.348. The molecule has 0 unspecified atom stereocenters. The Balaban J connectivity index is 1.62. The molecule has 164 valence electrons. The summed E-state index contributed by atoms with van der Waals surface area (Å²) in [6.07, 6.45) is 1.50. The molecule has 0 spiro atoms. The van der Waals surface area contributed by atoms with E-state index in [1.54, 1.807) is 12.1 Å². The molecule has 4 rings (SSSR count). The van der Waals surface area contributed by atoms with Gasteiger partial charge in [0.2, 0.25) is 0 Å². The maximum Gasteiger partial charge on any atom is 0.264 e. The number of benzene rings is 3. The Morgan fingerprint density at radius 1 is 1.00 bits per heavy atom. The maximum absolute atomic E-state index is 13.7. The van der Waals surface area contributed by atoms with Gasteiger partial charge in [-0.25, -0.2) is 12.8 Å². The number of amides is 2. The van der Waals surface area contributed by atoms with Gasteiger partial charge in [-0.2, -0.15) is 0 Å². The highest BCUT2D eigenvalue weighted by molar-refractivity contribution is 7.92. The average molecular weight is 453 g/mol. The van der Waals surface area contributed by atoms with Gasteiger partial charge in [0.15, 0.2) is 0 Å². The van der Waals surface area contributed by atoms with Crippen molar-refractivity contribution in [3.8, 4) is 0 Å². The van der Waals surface area contributed by atoms with Crippen LogP contribution < -0.4 is 15.4 Å². The zero-order chi connectivity index (χ0) is 22.9. The second kappa shape index (κ2) is 8.43. The summed E-state index contributed by atoms with van der Waals surface area (Å²) >= 11 is 0.